The summed E-state index contributed by atoms with van der Waals surface area (Å²) < 4.78 is 7.72. The molecular formula is C20H25N5O2. The summed E-state index contributed by atoms with van der Waals surface area (Å²) in [7, 11) is 1.71. The highest BCUT2D eigenvalue weighted by molar-refractivity contribution is 6.15. The number of hydrogen-bond donors (Lipinski definition) is 2. The third-order valence-electron chi connectivity index (χ3n) is 4.13. The molecule has 27 heavy (non-hydrogen) atoms. The number of ether oxygens (including phenoxy) is 1. The minimum Gasteiger partial charge on any atom is -0.491 e. The van der Waals surface area contributed by atoms with Crippen LogP contribution in [0.3, 0.4) is 0 Å². The molecule has 2 N–H and O–H groups in total. The van der Waals surface area contributed by atoms with Crippen molar-refractivity contribution in [1.82, 2.24) is 14.8 Å². The van der Waals surface area contributed by atoms with Crippen LogP contribution in [0.5, 0.6) is 5.75 Å². The van der Waals surface area contributed by atoms with Crippen LogP contribution in [0.25, 0.3) is 10.9 Å². The van der Waals surface area contributed by atoms with E-state index in [0.717, 1.165) is 27.9 Å². The van der Waals surface area contributed by atoms with Gasteiger partial charge in [-0.1, -0.05) is 0 Å². The lowest BCUT2D eigenvalue weighted by Crippen LogP contribution is -2.06. The second-order valence-corrected chi connectivity index (χ2v) is 6.55. The van der Waals surface area contributed by atoms with E-state index in [-0.39, 0.29) is 12.7 Å². The van der Waals surface area contributed by atoms with Crippen LogP contribution < -0.4 is 4.74 Å². The van der Waals surface area contributed by atoms with E-state index in [1.165, 1.54) is 0 Å². The Kier molecular flexibility index (Phi) is 5.71. The largest absolute Gasteiger partial charge is 0.491 e. The van der Waals surface area contributed by atoms with Crippen LogP contribution in [0.4, 0.5) is 0 Å². The standard InChI is InChI=1S/C20H25N5O2/c1-13(2)27-16-5-6-18-17(11-16)19(24-23-18)20(21-4)22-14(3)15-7-8-25(12-15)9-10-26/h5-8,11-13,26H,9-10H2,1-4H3,(H,23,24). The van der Waals surface area contributed by atoms with Crippen LogP contribution in [0.2, 0.25) is 0 Å². The molecule has 0 radical (unpaired) electrons. The minimum atomic E-state index is 0.0975. The van der Waals surface area contributed by atoms with E-state index in [0.29, 0.717) is 18.1 Å². The van der Waals surface area contributed by atoms with Crippen molar-refractivity contribution in [2.45, 2.75) is 33.4 Å². The molecule has 142 valence electrons. The molecule has 0 fully saturated rings. The van der Waals surface area contributed by atoms with Gasteiger partial charge < -0.3 is 14.4 Å². The van der Waals surface area contributed by atoms with Gasteiger partial charge in [-0.05, 0) is 45.0 Å². The second kappa shape index (κ2) is 8.18. The number of aromatic amines is 1. The van der Waals surface area contributed by atoms with Gasteiger partial charge >= 0.3 is 0 Å². The Morgan fingerprint density at radius 3 is 2.85 bits per heavy atom. The normalized spacial score (nSPS) is 13.0. The highest BCUT2D eigenvalue weighted by Gasteiger charge is 2.14. The molecule has 3 aromatic rings. The first-order valence-electron chi connectivity index (χ1n) is 8.96. The number of benzene rings is 1. The zero-order chi connectivity index (χ0) is 19.4. The number of fused-ring (bicyclic) bond motifs is 1. The molecule has 1 aromatic carbocycles. The van der Waals surface area contributed by atoms with E-state index in [4.69, 9.17) is 9.84 Å². The third kappa shape index (κ3) is 4.25. The highest BCUT2D eigenvalue weighted by atomic mass is 16.5. The molecule has 0 saturated carbocycles. The Balaban J connectivity index is 1.95. The Morgan fingerprint density at radius 1 is 1.33 bits per heavy atom. The number of amidine groups is 1. The van der Waals surface area contributed by atoms with Gasteiger partial charge in [-0.25, -0.2) is 4.99 Å². The number of aliphatic hydroxyl groups is 1. The molecule has 7 nitrogen and oxygen atoms in total. The first-order valence-corrected chi connectivity index (χ1v) is 8.96. The summed E-state index contributed by atoms with van der Waals surface area (Å²) in [5, 5.41) is 17.4. The molecule has 3 rings (SSSR count). The topological polar surface area (TPSA) is 87.8 Å². The van der Waals surface area contributed by atoms with Crippen LogP contribution in [0, 0.1) is 0 Å². The molecule has 0 aliphatic carbocycles. The maximum absolute atomic E-state index is 9.06. The average molecular weight is 367 g/mol. The quantitative estimate of drug-likeness (QED) is 0.518. The van der Waals surface area contributed by atoms with Crippen molar-refractivity contribution in [3.05, 3.63) is 47.9 Å². The first kappa shape index (κ1) is 18.8. The van der Waals surface area contributed by atoms with Gasteiger partial charge in [0.15, 0.2) is 5.84 Å². The van der Waals surface area contributed by atoms with Crippen molar-refractivity contribution in [3.8, 4) is 5.75 Å². The summed E-state index contributed by atoms with van der Waals surface area (Å²) in [6, 6.07) is 7.80. The molecular weight excluding hydrogens is 342 g/mol. The number of hydrogen-bond acceptors (Lipinski definition) is 4. The lowest BCUT2D eigenvalue weighted by molar-refractivity contribution is 0.243. The van der Waals surface area contributed by atoms with Crippen molar-refractivity contribution >= 4 is 22.5 Å². The van der Waals surface area contributed by atoms with Gasteiger partial charge in [0, 0.05) is 42.6 Å². The maximum atomic E-state index is 9.06. The number of aliphatic imine (C=N–C) groups is 2. The highest BCUT2D eigenvalue weighted by Crippen LogP contribution is 2.24. The SMILES string of the molecule is CN=C(N=C(C)c1ccn(CCO)c1)c1n[nH]c2ccc(OC(C)C)cc12. The van der Waals surface area contributed by atoms with Gasteiger partial charge in [0.1, 0.15) is 11.4 Å². The molecule has 0 aliphatic heterocycles. The molecule has 0 bridgehead atoms. The molecule has 2 heterocycles. The van der Waals surface area contributed by atoms with Crippen molar-refractivity contribution in [2.24, 2.45) is 9.98 Å². The summed E-state index contributed by atoms with van der Waals surface area (Å²) in [6.07, 6.45) is 3.98. The summed E-state index contributed by atoms with van der Waals surface area (Å²) in [5.74, 6) is 1.34. The minimum absolute atomic E-state index is 0.0975. The van der Waals surface area contributed by atoms with Gasteiger partial charge in [0.25, 0.3) is 0 Å². The Morgan fingerprint density at radius 2 is 2.15 bits per heavy atom. The van der Waals surface area contributed by atoms with Crippen molar-refractivity contribution in [1.29, 1.82) is 0 Å². The molecule has 0 unspecified atom stereocenters. The molecule has 0 aliphatic rings. The maximum Gasteiger partial charge on any atom is 0.176 e. The van der Waals surface area contributed by atoms with Crippen LogP contribution in [-0.4, -0.2) is 51.2 Å². The summed E-state index contributed by atoms with van der Waals surface area (Å²) in [4.78, 5) is 9.03. The molecule has 0 amide bonds. The number of H-pyrrole nitrogens is 1. The number of aromatic nitrogens is 3. The van der Waals surface area contributed by atoms with Crippen molar-refractivity contribution in [3.63, 3.8) is 0 Å². The monoisotopic (exact) mass is 367 g/mol. The van der Waals surface area contributed by atoms with Crippen LogP contribution in [0.1, 0.15) is 32.0 Å². The van der Waals surface area contributed by atoms with Crippen LogP contribution in [-0.2, 0) is 6.54 Å². The van der Waals surface area contributed by atoms with E-state index in [2.05, 4.69) is 20.2 Å². The fourth-order valence-electron chi connectivity index (χ4n) is 2.85. The predicted molar refractivity (Wildman–Crippen MR) is 108 cm³/mol. The van der Waals surface area contributed by atoms with E-state index in [1.807, 2.05) is 62.0 Å². The number of nitrogens with one attached hydrogen (secondary N) is 1. The molecule has 7 heteroatoms. The van der Waals surface area contributed by atoms with E-state index >= 15 is 0 Å². The van der Waals surface area contributed by atoms with Gasteiger partial charge in [-0.3, -0.25) is 10.1 Å². The average Bonchev–Trinajstić information content (AvgIpc) is 3.26. The fourth-order valence-corrected chi connectivity index (χ4v) is 2.85. The smallest absolute Gasteiger partial charge is 0.176 e. The van der Waals surface area contributed by atoms with Gasteiger partial charge in [-0.15, -0.1) is 0 Å². The molecule has 0 spiro atoms. The van der Waals surface area contributed by atoms with Crippen molar-refractivity contribution < 1.29 is 9.84 Å². The van der Waals surface area contributed by atoms with Gasteiger partial charge in [0.2, 0.25) is 0 Å². The summed E-state index contributed by atoms with van der Waals surface area (Å²) in [5.41, 5.74) is 3.41. The number of nitrogens with zero attached hydrogens (tertiary/aromatic N) is 4. The van der Waals surface area contributed by atoms with Crippen LogP contribution in [0.15, 0.2) is 46.6 Å². The Hall–Kier alpha value is -2.93. The molecule has 2 aromatic heterocycles. The lowest BCUT2D eigenvalue weighted by atomic mass is 10.1. The summed E-state index contributed by atoms with van der Waals surface area (Å²) >= 11 is 0. The zero-order valence-corrected chi connectivity index (χ0v) is 16.1. The number of rotatable bonds is 6. The number of aliphatic hydroxyl groups excluding tert-OH is 1. The third-order valence-corrected chi connectivity index (χ3v) is 4.13. The van der Waals surface area contributed by atoms with Crippen molar-refractivity contribution in [2.75, 3.05) is 13.7 Å². The van der Waals surface area contributed by atoms with Gasteiger partial charge in [0.05, 0.1) is 18.2 Å². The van der Waals surface area contributed by atoms with Crippen LogP contribution >= 0.6 is 0 Å². The molecule has 0 atom stereocenters. The Bertz CT molecular complexity index is 981. The zero-order valence-electron chi connectivity index (χ0n) is 16.1. The lowest BCUT2D eigenvalue weighted by Gasteiger charge is -2.09. The fraction of sp³-hybridized carbons (Fsp3) is 0.350. The van der Waals surface area contributed by atoms with E-state index < -0.39 is 0 Å². The first-order chi connectivity index (χ1) is 13.0. The Labute approximate surface area is 158 Å². The predicted octanol–water partition coefficient (Wildman–Crippen LogP) is 3.03. The molecule has 0 saturated heterocycles. The second-order valence-electron chi connectivity index (χ2n) is 6.55. The van der Waals surface area contributed by atoms with Gasteiger partial charge in [-0.2, -0.15) is 5.10 Å². The van der Waals surface area contributed by atoms with E-state index in [1.54, 1.807) is 7.05 Å². The summed E-state index contributed by atoms with van der Waals surface area (Å²) in [6.45, 7) is 6.59. The van der Waals surface area contributed by atoms with E-state index in [9.17, 15) is 0 Å².